The van der Waals surface area contributed by atoms with Gasteiger partial charge in [0.05, 0.1) is 30.0 Å². The molecular formula is C16H21N3O2. The van der Waals surface area contributed by atoms with Gasteiger partial charge >= 0.3 is 5.97 Å². The molecule has 0 aliphatic heterocycles. The van der Waals surface area contributed by atoms with E-state index in [1.165, 1.54) is 7.11 Å². The molecule has 1 aromatic heterocycles. The first-order valence-corrected chi connectivity index (χ1v) is 7.28. The Morgan fingerprint density at radius 3 is 2.62 bits per heavy atom. The van der Waals surface area contributed by atoms with Crippen molar-refractivity contribution in [3.05, 3.63) is 23.0 Å². The van der Waals surface area contributed by atoms with E-state index < -0.39 is 0 Å². The standard InChI is InChI=1S/C16H21N3O2/c1-10-8-15(14(9-17)11(2)18-10)19-13-6-4-12(5-7-13)16(20)21-3/h8,12-13H,4-7H2,1-3H3,(H,18,19). The number of nitrogens with one attached hydrogen (secondary N) is 1. The van der Waals surface area contributed by atoms with E-state index >= 15 is 0 Å². The number of methoxy groups -OCH3 is 1. The Kier molecular flexibility index (Phi) is 4.79. The van der Waals surface area contributed by atoms with Crippen LogP contribution >= 0.6 is 0 Å². The molecule has 1 aromatic rings. The first kappa shape index (κ1) is 15.3. The zero-order valence-electron chi connectivity index (χ0n) is 12.8. The number of pyridine rings is 1. The number of aryl methyl sites for hydroxylation is 2. The third kappa shape index (κ3) is 3.52. The van der Waals surface area contributed by atoms with Crippen LogP contribution in [0.3, 0.4) is 0 Å². The van der Waals surface area contributed by atoms with Crippen molar-refractivity contribution < 1.29 is 9.53 Å². The Labute approximate surface area is 125 Å². The van der Waals surface area contributed by atoms with Crippen molar-refractivity contribution in [2.75, 3.05) is 12.4 Å². The summed E-state index contributed by atoms with van der Waals surface area (Å²) < 4.78 is 4.80. The number of ether oxygens (including phenoxy) is 1. The molecule has 21 heavy (non-hydrogen) atoms. The van der Waals surface area contributed by atoms with Gasteiger partial charge in [0, 0.05) is 11.7 Å². The topological polar surface area (TPSA) is 75.0 Å². The van der Waals surface area contributed by atoms with Gasteiger partial charge in [-0.3, -0.25) is 9.78 Å². The molecule has 1 fully saturated rings. The molecule has 1 aliphatic carbocycles. The average molecular weight is 287 g/mol. The van der Waals surface area contributed by atoms with E-state index in [-0.39, 0.29) is 11.9 Å². The summed E-state index contributed by atoms with van der Waals surface area (Å²) in [5, 5.41) is 12.7. The second-order valence-corrected chi connectivity index (χ2v) is 5.60. The lowest BCUT2D eigenvalue weighted by Crippen LogP contribution is -2.30. The highest BCUT2D eigenvalue weighted by Gasteiger charge is 2.27. The summed E-state index contributed by atoms with van der Waals surface area (Å²) in [4.78, 5) is 15.8. The van der Waals surface area contributed by atoms with Crippen molar-refractivity contribution >= 4 is 11.7 Å². The SMILES string of the molecule is COC(=O)C1CCC(Nc2cc(C)nc(C)c2C#N)CC1. The number of nitriles is 1. The fourth-order valence-electron chi connectivity index (χ4n) is 2.94. The van der Waals surface area contributed by atoms with Crippen LogP contribution in [0.25, 0.3) is 0 Å². The Balaban J connectivity index is 2.04. The van der Waals surface area contributed by atoms with Crippen molar-refractivity contribution in [3.8, 4) is 6.07 Å². The monoisotopic (exact) mass is 287 g/mol. The number of rotatable bonds is 3. The number of anilines is 1. The summed E-state index contributed by atoms with van der Waals surface area (Å²) >= 11 is 0. The smallest absolute Gasteiger partial charge is 0.308 e. The highest BCUT2D eigenvalue weighted by molar-refractivity contribution is 5.72. The summed E-state index contributed by atoms with van der Waals surface area (Å²) in [6, 6.07) is 4.42. The van der Waals surface area contributed by atoms with Gasteiger partial charge in [0.25, 0.3) is 0 Å². The Hall–Kier alpha value is -2.09. The minimum Gasteiger partial charge on any atom is -0.469 e. The number of hydrogen-bond donors (Lipinski definition) is 1. The number of carbonyl (C=O) groups is 1. The maximum Gasteiger partial charge on any atom is 0.308 e. The van der Waals surface area contributed by atoms with Crippen molar-refractivity contribution in [2.45, 2.75) is 45.6 Å². The third-order valence-electron chi connectivity index (χ3n) is 4.06. The van der Waals surface area contributed by atoms with Crippen molar-refractivity contribution in [3.63, 3.8) is 0 Å². The molecule has 0 bridgehead atoms. The van der Waals surface area contributed by atoms with E-state index in [2.05, 4.69) is 16.4 Å². The molecule has 1 N–H and O–H groups in total. The van der Waals surface area contributed by atoms with Crippen LogP contribution in [0.2, 0.25) is 0 Å². The van der Waals surface area contributed by atoms with Crippen LogP contribution in [-0.2, 0) is 9.53 Å². The zero-order valence-corrected chi connectivity index (χ0v) is 12.8. The molecule has 2 rings (SSSR count). The second kappa shape index (κ2) is 6.57. The summed E-state index contributed by atoms with van der Waals surface area (Å²) in [6.07, 6.45) is 3.47. The molecule has 0 saturated heterocycles. The molecule has 1 aliphatic rings. The summed E-state index contributed by atoms with van der Waals surface area (Å²) in [5.74, 6) is -0.0915. The molecule has 0 atom stereocenters. The first-order valence-electron chi connectivity index (χ1n) is 7.28. The molecule has 0 spiro atoms. The quantitative estimate of drug-likeness (QED) is 0.865. The van der Waals surface area contributed by atoms with E-state index in [0.29, 0.717) is 11.6 Å². The highest BCUT2D eigenvalue weighted by Crippen LogP contribution is 2.29. The zero-order chi connectivity index (χ0) is 15.4. The molecule has 0 amide bonds. The number of nitrogens with zero attached hydrogens (tertiary/aromatic N) is 2. The number of hydrogen-bond acceptors (Lipinski definition) is 5. The van der Waals surface area contributed by atoms with Crippen LogP contribution in [0.4, 0.5) is 5.69 Å². The van der Waals surface area contributed by atoms with Gasteiger partial charge < -0.3 is 10.1 Å². The molecule has 0 aromatic carbocycles. The van der Waals surface area contributed by atoms with Crippen LogP contribution in [0.1, 0.15) is 42.6 Å². The molecule has 1 heterocycles. The lowest BCUT2D eigenvalue weighted by molar-refractivity contribution is -0.146. The molecule has 5 heteroatoms. The minimum absolute atomic E-state index is 0.0180. The maximum atomic E-state index is 11.5. The summed E-state index contributed by atoms with van der Waals surface area (Å²) in [6.45, 7) is 3.78. The number of carbonyl (C=O) groups excluding carboxylic acids is 1. The molecular weight excluding hydrogens is 266 g/mol. The second-order valence-electron chi connectivity index (χ2n) is 5.60. The molecule has 5 nitrogen and oxygen atoms in total. The Morgan fingerprint density at radius 2 is 2.05 bits per heavy atom. The minimum atomic E-state index is -0.109. The van der Waals surface area contributed by atoms with Gasteiger partial charge in [-0.25, -0.2) is 0 Å². The van der Waals surface area contributed by atoms with E-state index in [1.54, 1.807) is 0 Å². The van der Waals surface area contributed by atoms with Crippen LogP contribution in [0.15, 0.2) is 6.07 Å². The first-order chi connectivity index (χ1) is 10.0. The summed E-state index contributed by atoms with van der Waals surface area (Å²) in [5.41, 5.74) is 3.11. The van der Waals surface area contributed by atoms with Crippen LogP contribution < -0.4 is 5.32 Å². The summed E-state index contributed by atoms with van der Waals surface area (Å²) in [7, 11) is 1.44. The van der Waals surface area contributed by atoms with Gasteiger partial charge in [0.2, 0.25) is 0 Å². The number of aromatic nitrogens is 1. The third-order valence-corrected chi connectivity index (χ3v) is 4.06. The average Bonchev–Trinajstić information content (AvgIpc) is 2.47. The molecule has 0 unspecified atom stereocenters. The van der Waals surface area contributed by atoms with Crippen molar-refractivity contribution in [1.29, 1.82) is 5.26 Å². The molecule has 0 radical (unpaired) electrons. The van der Waals surface area contributed by atoms with Crippen LogP contribution in [-0.4, -0.2) is 24.1 Å². The van der Waals surface area contributed by atoms with E-state index in [1.807, 2.05) is 19.9 Å². The predicted octanol–water partition coefficient (Wildman–Crippen LogP) is 2.71. The molecule has 112 valence electrons. The highest BCUT2D eigenvalue weighted by atomic mass is 16.5. The van der Waals surface area contributed by atoms with E-state index in [9.17, 15) is 10.1 Å². The molecule has 1 saturated carbocycles. The Bertz CT molecular complexity index is 570. The van der Waals surface area contributed by atoms with Gasteiger partial charge in [-0.1, -0.05) is 0 Å². The lowest BCUT2D eigenvalue weighted by atomic mass is 9.86. The largest absolute Gasteiger partial charge is 0.469 e. The van der Waals surface area contributed by atoms with Gasteiger partial charge in [0.15, 0.2) is 0 Å². The van der Waals surface area contributed by atoms with Gasteiger partial charge in [-0.2, -0.15) is 5.26 Å². The number of esters is 1. The van der Waals surface area contributed by atoms with E-state index in [0.717, 1.165) is 42.8 Å². The van der Waals surface area contributed by atoms with Crippen LogP contribution in [0, 0.1) is 31.1 Å². The van der Waals surface area contributed by atoms with Gasteiger partial charge in [-0.05, 0) is 45.6 Å². The fraction of sp³-hybridized carbons (Fsp3) is 0.562. The van der Waals surface area contributed by atoms with Gasteiger partial charge in [-0.15, -0.1) is 0 Å². The fourth-order valence-corrected chi connectivity index (χ4v) is 2.94. The van der Waals surface area contributed by atoms with Crippen molar-refractivity contribution in [2.24, 2.45) is 5.92 Å². The maximum absolute atomic E-state index is 11.5. The Morgan fingerprint density at radius 1 is 1.38 bits per heavy atom. The van der Waals surface area contributed by atoms with Gasteiger partial charge in [0.1, 0.15) is 6.07 Å². The van der Waals surface area contributed by atoms with Crippen molar-refractivity contribution in [1.82, 2.24) is 4.98 Å². The lowest BCUT2D eigenvalue weighted by Gasteiger charge is -2.28. The predicted molar refractivity (Wildman–Crippen MR) is 79.8 cm³/mol. The van der Waals surface area contributed by atoms with E-state index in [4.69, 9.17) is 4.74 Å². The van der Waals surface area contributed by atoms with Crippen LogP contribution in [0.5, 0.6) is 0 Å². The normalized spacial score (nSPS) is 21.4.